The predicted molar refractivity (Wildman–Crippen MR) is 135 cm³/mol. The zero-order valence-electron chi connectivity index (χ0n) is 20.6. The van der Waals surface area contributed by atoms with Crippen molar-refractivity contribution in [1.82, 2.24) is 0 Å². The van der Waals surface area contributed by atoms with Crippen LogP contribution in [0.4, 0.5) is 18.9 Å². The maximum Gasteiger partial charge on any atom is 0.416 e. The Hall–Kier alpha value is -2.94. The van der Waals surface area contributed by atoms with E-state index < -0.39 is 21.8 Å². The van der Waals surface area contributed by atoms with E-state index in [0.717, 1.165) is 59.9 Å². The number of methoxy groups -OCH3 is 1. The first-order chi connectivity index (χ1) is 17.1. The van der Waals surface area contributed by atoms with Crippen molar-refractivity contribution >= 4 is 21.8 Å². The van der Waals surface area contributed by atoms with Gasteiger partial charge in [-0.3, -0.25) is 4.31 Å². The summed E-state index contributed by atoms with van der Waals surface area (Å²) < 4.78 is 77.1. The van der Waals surface area contributed by atoms with E-state index in [1.54, 1.807) is 19.2 Å². The largest absolute Gasteiger partial charge is 0.502 e. The highest BCUT2D eigenvalue weighted by Crippen LogP contribution is 2.38. The van der Waals surface area contributed by atoms with Crippen molar-refractivity contribution in [3.05, 3.63) is 71.5 Å². The van der Waals surface area contributed by atoms with Crippen LogP contribution in [0.3, 0.4) is 0 Å². The molecule has 0 atom stereocenters. The minimum atomic E-state index is -4.62. The zero-order valence-corrected chi connectivity index (χ0v) is 21.4. The highest BCUT2D eigenvalue weighted by molar-refractivity contribution is 7.92. The van der Waals surface area contributed by atoms with Gasteiger partial charge in [0.2, 0.25) is 0 Å². The molecule has 1 aliphatic heterocycles. The molecule has 0 saturated heterocycles. The number of allylic oxidation sites excluding steroid dienone is 2. The number of ether oxygens (including phenoxy) is 2. The molecule has 0 unspecified atom stereocenters. The van der Waals surface area contributed by atoms with Crippen LogP contribution in [0.2, 0.25) is 0 Å². The summed E-state index contributed by atoms with van der Waals surface area (Å²) in [7, 11) is -2.54. The lowest BCUT2D eigenvalue weighted by molar-refractivity contribution is -0.137. The number of alkyl halides is 3. The molecule has 0 radical (unpaired) electrons. The number of anilines is 1. The Labute approximate surface area is 211 Å². The second-order valence-electron chi connectivity index (χ2n) is 8.64. The third-order valence-corrected chi connectivity index (χ3v) is 7.91. The van der Waals surface area contributed by atoms with E-state index in [-0.39, 0.29) is 18.0 Å². The van der Waals surface area contributed by atoms with E-state index >= 15 is 0 Å². The second kappa shape index (κ2) is 11.9. The Morgan fingerprint density at radius 3 is 2.47 bits per heavy atom. The second-order valence-corrected chi connectivity index (χ2v) is 10.5. The normalized spacial score (nSPS) is 15.7. The molecule has 2 aromatic carbocycles. The van der Waals surface area contributed by atoms with Crippen molar-refractivity contribution in [3.8, 4) is 5.75 Å². The third-order valence-electron chi connectivity index (χ3n) is 6.10. The van der Waals surface area contributed by atoms with Gasteiger partial charge in [0, 0.05) is 6.42 Å². The molecule has 1 saturated carbocycles. The standard InChI is InChI=1S/C22H22F3NO3S.C5H10O/c23-22(24,25)18-7-4-8-19(15-18)30(27,28)26-11-12-29-21-10-9-17(14-20(21)26)13-16-5-2-1-3-6-16;1-4-5(2)6-3/h4,7-10,13-15H,1-3,5-6,11-12H2;2,4H2,1,3H3. The Bertz CT molecular complexity index is 1190. The molecule has 1 heterocycles. The van der Waals surface area contributed by atoms with Crippen LogP contribution in [-0.4, -0.2) is 28.7 Å². The van der Waals surface area contributed by atoms with Crippen LogP contribution in [0.1, 0.15) is 56.6 Å². The van der Waals surface area contributed by atoms with Gasteiger partial charge in [-0.15, -0.1) is 0 Å². The molecule has 1 aliphatic carbocycles. The van der Waals surface area contributed by atoms with Gasteiger partial charge in [0.05, 0.1) is 35.6 Å². The Kier molecular flexibility index (Phi) is 9.11. The van der Waals surface area contributed by atoms with E-state index in [1.807, 2.05) is 13.0 Å². The average molecular weight is 524 g/mol. The van der Waals surface area contributed by atoms with E-state index in [9.17, 15) is 21.6 Å². The number of nitrogens with zero attached hydrogens (tertiary/aromatic N) is 1. The summed E-state index contributed by atoms with van der Waals surface area (Å²) >= 11 is 0. The monoisotopic (exact) mass is 523 g/mol. The molecule has 1 fully saturated rings. The molecule has 9 heteroatoms. The molecule has 196 valence electrons. The third kappa shape index (κ3) is 6.84. The minimum absolute atomic E-state index is 0.0333. The summed E-state index contributed by atoms with van der Waals surface area (Å²) in [5.74, 6) is 1.25. The summed E-state index contributed by atoms with van der Waals surface area (Å²) in [4.78, 5) is -0.388. The molecule has 2 aliphatic rings. The first kappa shape index (κ1) is 27.6. The highest BCUT2D eigenvalue weighted by atomic mass is 32.2. The van der Waals surface area contributed by atoms with Crippen molar-refractivity contribution in [1.29, 1.82) is 0 Å². The highest BCUT2D eigenvalue weighted by Gasteiger charge is 2.34. The molecule has 2 aromatic rings. The van der Waals surface area contributed by atoms with E-state index in [2.05, 4.69) is 12.7 Å². The SMILES string of the molecule is C=C(CC)OC.O=S(=O)(c1cccc(C(F)(F)F)c1)N1CCOc2ccc(C=C3CCCCC3)cc21. The molecular formula is C27H32F3NO4S. The molecule has 0 spiro atoms. The zero-order chi connectivity index (χ0) is 26.3. The van der Waals surface area contributed by atoms with Gasteiger partial charge in [-0.1, -0.05) is 43.7 Å². The lowest BCUT2D eigenvalue weighted by atomic mass is 9.93. The maximum absolute atomic E-state index is 13.2. The van der Waals surface area contributed by atoms with Gasteiger partial charge in [-0.05, 0) is 61.6 Å². The molecular weight excluding hydrogens is 491 g/mol. The Morgan fingerprint density at radius 1 is 1.14 bits per heavy atom. The van der Waals surface area contributed by atoms with Crippen LogP contribution in [0.25, 0.3) is 6.08 Å². The molecule has 0 N–H and O–H groups in total. The van der Waals surface area contributed by atoms with Crippen molar-refractivity contribution in [2.75, 3.05) is 24.6 Å². The van der Waals surface area contributed by atoms with E-state index in [1.165, 1.54) is 18.1 Å². The number of sulfonamides is 1. The van der Waals surface area contributed by atoms with Gasteiger partial charge in [0.15, 0.2) is 0 Å². The van der Waals surface area contributed by atoms with Crippen molar-refractivity contribution in [2.45, 2.75) is 56.5 Å². The van der Waals surface area contributed by atoms with Crippen LogP contribution in [-0.2, 0) is 20.9 Å². The van der Waals surface area contributed by atoms with Crippen molar-refractivity contribution < 1.29 is 31.1 Å². The molecule has 5 nitrogen and oxygen atoms in total. The summed E-state index contributed by atoms with van der Waals surface area (Å²) in [5.41, 5.74) is 1.54. The first-order valence-corrected chi connectivity index (χ1v) is 13.4. The molecule has 0 amide bonds. The maximum atomic E-state index is 13.2. The summed E-state index contributed by atoms with van der Waals surface area (Å²) in [6, 6.07) is 9.17. The minimum Gasteiger partial charge on any atom is -0.502 e. The average Bonchev–Trinajstić information content (AvgIpc) is 2.88. The number of benzene rings is 2. The Balaban J connectivity index is 0.000000538. The molecule has 36 heavy (non-hydrogen) atoms. The van der Waals surface area contributed by atoms with Crippen LogP contribution >= 0.6 is 0 Å². The fourth-order valence-corrected chi connectivity index (χ4v) is 5.54. The number of fused-ring (bicyclic) bond motifs is 1. The smallest absolute Gasteiger partial charge is 0.416 e. The molecule has 0 bridgehead atoms. The lowest BCUT2D eigenvalue weighted by Crippen LogP contribution is -2.38. The van der Waals surface area contributed by atoms with Gasteiger partial charge < -0.3 is 9.47 Å². The predicted octanol–water partition coefficient (Wildman–Crippen LogP) is 7.20. The summed E-state index contributed by atoms with van der Waals surface area (Å²) in [6.07, 6.45) is 3.94. The number of rotatable bonds is 5. The van der Waals surface area contributed by atoms with Crippen LogP contribution in [0, 0.1) is 0 Å². The van der Waals surface area contributed by atoms with Gasteiger partial charge in [-0.25, -0.2) is 8.42 Å². The quantitative estimate of drug-likeness (QED) is 0.389. The van der Waals surface area contributed by atoms with Crippen molar-refractivity contribution in [3.63, 3.8) is 0 Å². The number of hydrogen-bond acceptors (Lipinski definition) is 4. The molecule has 0 aromatic heterocycles. The lowest BCUT2D eigenvalue weighted by Gasteiger charge is -2.31. The van der Waals surface area contributed by atoms with Gasteiger partial charge in [0.25, 0.3) is 10.0 Å². The number of halogens is 3. The topological polar surface area (TPSA) is 55.8 Å². The van der Waals surface area contributed by atoms with Crippen LogP contribution < -0.4 is 9.04 Å². The summed E-state index contributed by atoms with van der Waals surface area (Å²) in [5, 5.41) is 0. The van der Waals surface area contributed by atoms with Crippen molar-refractivity contribution in [2.24, 2.45) is 0 Å². The van der Waals surface area contributed by atoms with E-state index in [4.69, 9.17) is 9.47 Å². The fraction of sp³-hybridized carbons (Fsp3) is 0.407. The Morgan fingerprint density at radius 2 is 1.86 bits per heavy atom. The van der Waals surface area contributed by atoms with E-state index in [0.29, 0.717) is 17.5 Å². The van der Waals surface area contributed by atoms with Gasteiger partial charge in [-0.2, -0.15) is 13.2 Å². The fourth-order valence-electron chi connectivity index (χ4n) is 4.04. The van der Waals surface area contributed by atoms with Crippen LogP contribution in [0.5, 0.6) is 5.75 Å². The van der Waals surface area contributed by atoms with Crippen LogP contribution in [0.15, 0.2) is 65.3 Å². The first-order valence-electron chi connectivity index (χ1n) is 11.9. The number of hydrogen-bond donors (Lipinski definition) is 0. The summed E-state index contributed by atoms with van der Waals surface area (Å²) in [6.45, 7) is 5.74. The van der Waals surface area contributed by atoms with Gasteiger partial charge >= 0.3 is 6.18 Å². The van der Waals surface area contributed by atoms with Gasteiger partial charge in [0.1, 0.15) is 12.4 Å². The molecule has 4 rings (SSSR count).